The van der Waals surface area contributed by atoms with E-state index in [0.717, 1.165) is 0 Å². The van der Waals surface area contributed by atoms with Gasteiger partial charge in [-0.25, -0.2) is 14.4 Å². The summed E-state index contributed by atoms with van der Waals surface area (Å²) in [6.07, 6.45) is 0.540. The number of fused-ring (bicyclic) bond motifs is 2. The molecule has 0 aliphatic carbocycles. The average molecular weight is 376 g/mol. The maximum atomic E-state index is 13.3. The molecule has 0 spiro atoms. The van der Waals surface area contributed by atoms with E-state index in [0.29, 0.717) is 52.1 Å². The van der Waals surface area contributed by atoms with Crippen LogP contribution in [0.5, 0.6) is 0 Å². The predicted octanol–water partition coefficient (Wildman–Crippen LogP) is 3.68. The van der Waals surface area contributed by atoms with E-state index in [1.165, 1.54) is 30.3 Å². The minimum absolute atomic E-state index is 0.0900. The Morgan fingerprint density at radius 1 is 1.18 bits per heavy atom. The van der Waals surface area contributed by atoms with E-state index in [-0.39, 0.29) is 11.5 Å². The van der Waals surface area contributed by atoms with Gasteiger partial charge in [0, 0.05) is 30.5 Å². The van der Waals surface area contributed by atoms with Gasteiger partial charge in [-0.05, 0) is 30.3 Å². The number of nitrogens with one attached hydrogen (secondary N) is 2. The van der Waals surface area contributed by atoms with Gasteiger partial charge >= 0.3 is 0 Å². The monoisotopic (exact) mass is 376 g/mol. The molecule has 0 amide bonds. The number of halogens is 1. The first-order chi connectivity index (χ1) is 13.5. The fraction of sp³-hybridized carbons (Fsp3) is 0.105. The Bertz CT molecular complexity index is 1260. The minimum atomic E-state index is -0.508. The van der Waals surface area contributed by atoms with Crippen LogP contribution in [0.3, 0.4) is 0 Å². The Morgan fingerprint density at radius 3 is 2.79 bits per heavy atom. The molecule has 4 rings (SSSR count). The lowest BCUT2D eigenvalue weighted by atomic mass is 10.1. The summed E-state index contributed by atoms with van der Waals surface area (Å²) in [6.45, 7) is 0.485. The zero-order valence-corrected chi connectivity index (χ0v) is 14.4. The summed E-state index contributed by atoms with van der Waals surface area (Å²) >= 11 is 0. The third-order valence-electron chi connectivity index (χ3n) is 4.28. The molecular formula is C19H13FN6O2. The van der Waals surface area contributed by atoms with E-state index in [1.807, 2.05) is 0 Å². The Hall–Kier alpha value is -4.06. The van der Waals surface area contributed by atoms with Crippen LogP contribution in [0.15, 0.2) is 42.5 Å². The number of nitro benzene ring substituents is 1. The fourth-order valence-electron chi connectivity index (χ4n) is 2.97. The van der Waals surface area contributed by atoms with Gasteiger partial charge in [0.25, 0.3) is 5.69 Å². The van der Waals surface area contributed by atoms with E-state index < -0.39 is 4.92 Å². The molecule has 2 N–H and O–H groups in total. The van der Waals surface area contributed by atoms with Crippen molar-refractivity contribution in [2.75, 3.05) is 11.9 Å². The standard InChI is InChI=1S/C19H13FN6O2/c20-12-1-3-16-17(8-12)25-18(24-16)5-6-22-19-7-11(10-21)14-9-13(26(27)28)2-4-15(14)23-19/h1-4,7-9H,5-6H2,(H,22,23)(H,24,25). The second-order valence-corrected chi connectivity index (χ2v) is 6.15. The van der Waals surface area contributed by atoms with Gasteiger partial charge in [0.15, 0.2) is 0 Å². The molecule has 0 saturated heterocycles. The van der Waals surface area contributed by atoms with E-state index in [2.05, 4.69) is 26.3 Å². The van der Waals surface area contributed by atoms with Gasteiger partial charge in [-0.3, -0.25) is 10.1 Å². The molecule has 4 aromatic rings. The van der Waals surface area contributed by atoms with Crippen LogP contribution >= 0.6 is 0 Å². The highest BCUT2D eigenvalue weighted by Crippen LogP contribution is 2.25. The first-order valence-electron chi connectivity index (χ1n) is 8.41. The second kappa shape index (κ2) is 6.92. The molecule has 0 atom stereocenters. The highest BCUT2D eigenvalue weighted by atomic mass is 19.1. The van der Waals surface area contributed by atoms with E-state index in [9.17, 15) is 19.8 Å². The first kappa shape index (κ1) is 17.4. The maximum Gasteiger partial charge on any atom is 0.270 e. The number of aromatic amines is 1. The van der Waals surface area contributed by atoms with Crippen molar-refractivity contribution in [1.29, 1.82) is 5.26 Å². The largest absolute Gasteiger partial charge is 0.370 e. The quantitative estimate of drug-likeness (QED) is 0.405. The molecule has 2 aromatic heterocycles. The third kappa shape index (κ3) is 3.31. The van der Waals surface area contributed by atoms with Crippen LogP contribution in [-0.2, 0) is 6.42 Å². The van der Waals surface area contributed by atoms with Crippen molar-refractivity contribution in [3.8, 4) is 6.07 Å². The number of pyridine rings is 1. The molecule has 8 nitrogen and oxygen atoms in total. The smallest absolute Gasteiger partial charge is 0.270 e. The van der Waals surface area contributed by atoms with Gasteiger partial charge in [-0.1, -0.05) is 0 Å². The number of imidazole rings is 1. The van der Waals surface area contributed by atoms with Crippen molar-refractivity contribution >= 4 is 33.4 Å². The first-order valence-corrected chi connectivity index (χ1v) is 8.41. The predicted molar refractivity (Wildman–Crippen MR) is 101 cm³/mol. The summed E-state index contributed by atoms with van der Waals surface area (Å²) in [4.78, 5) is 22.3. The molecule has 0 saturated carbocycles. The number of hydrogen-bond donors (Lipinski definition) is 2. The Balaban J connectivity index is 1.53. The molecule has 0 aliphatic rings. The van der Waals surface area contributed by atoms with Crippen molar-refractivity contribution < 1.29 is 9.31 Å². The number of non-ortho nitro benzene ring substituents is 1. The SMILES string of the molecule is N#Cc1cc(NCCc2nc3ccc(F)cc3[nH]2)nc2ccc([N+](=O)[O-])cc12. The summed E-state index contributed by atoms with van der Waals surface area (Å²) in [6, 6.07) is 12.2. The topological polar surface area (TPSA) is 121 Å². The number of hydrogen-bond acceptors (Lipinski definition) is 6. The number of rotatable bonds is 5. The second-order valence-electron chi connectivity index (χ2n) is 6.15. The number of nitrogens with zero attached hydrogens (tertiary/aromatic N) is 4. The number of nitriles is 1. The van der Waals surface area contributed by atoms with Crippen molar-refractivity contribution in [2.45, 2.75) is 6.42 Å². The van der Waals surface area contributed by atoms with Gasteiger partial charge in [0.2, 0.25) is 0 Å². The van der Waals surface area contributed by atoms with Crippen molar-refractivity contribution in [3.63, 3.8) is 0 Å². The summed E-state index contributed by atoms with van der Waals surface area (Å²) in [5.74, 6) is 0.857. The average Bonchev–Trinajstić information content (AvgIpc) is 3.08. The lowest BCUT2D eigenvalue weighted by Gasteiger charge is -2.07. The summed E-state index contributed by atoms with van der Waals surface area (Å²) in [7, 11) is 0. The Kier molecular flexibility index (Phi) is 4.29. The highest BCUT2D eigenvalue weighted by Gasteiger charge is 2.12. The van der Waals surface area contributed by atoms with Crippen LogP contribution in [0, 0.1) is 27.3 Å². The molecule has 0 radical (unpaired) electrons. The Labute approximate surface area is 157 Å². The van der Waals surface area contributed by atoms with E-state index in [4.69, 9.17) is 0 Å². The number of aromatic nitrogens is 3. The van der Waals surface area contributed by atoms with Crippen LogP contribution in [0.25, 0.3) is 21.9 Å². The molecule has 2 heterocycles. The highest BCUT2D eigenvalue weighted by molar-refractivity contribution is 5.88. The van der Waals surface area contributed by atoms with Gasteiger partial charge in [0.05, 0.1) is 33.1 Å². The number of nitro groups is 1. The molecule has 138 valence electrons. The molecule has 9 heteroatoms. The van der Waals surface area contributed by atoms with Crippen molar-refractivity contribution in [3.05, 3.63) is 69.8 Å². The molecule has 2 aromatic carbocycles. The fourth-order valence-corrected chi connectivity index (χ4v) is 2.97. The van der Waals surface area contributed by atoms with Crippen molar-refractivity contribution in [2.24, 2.45) is 0 Å². The van der Waals surface area contributed by atoms with Crippen LogP contribution in [0.4, 0.5) is 15.9 Å². The molecule has 0 aliphatic heterocycles. The summed E-state index contributed by atoms with van der Waals surface area (Å²) < 4.78 is 13.3. The molecular weight excluding hydrogens is 363 g/mol. The molecule has 0 fully saturated rings. The van der Waals surface area contributed by atoms with Crippen molar-refractivity contribution in [1.82, 2.24) is 15.0 Å². The Morgan fingerprint density at radius 2 is 2.00 bits per heavy atom. The maximum absolute atomic E-state index is 13.3. The van der Waals surface area contributed by atoms with E-state index >= 15 is 0 Å². The summed E-state index contributed by atoms with van der Waals surface area (Å²) in [5.41, 5.74) is 2.02. The molecule has 28 heavy (non-hydrogen) atoms. The summed E-state index contributed by atoms with van der Waals surface area (Å²) in [5, 5.41) is 23.9. The van der Waals surface area contributed by atoms with Crippen LogP contribution in [0.1, 0.15) is 11.4 Å². The molecule has 0 bridgehead atoms. The number of anilines is 1. The number of benzene rings is 2. The van der Waals surface area contributed by atoms with Crippen LogP contribution < -0.4 is 5.32 Å². The van der Waals surface area contributed by atoms with Gasteiger partial charge < -0.3 is 10.3 Å². The van der Waals surface area contributed by atoms with Crippen LogP contribution in [0.2, 0.25) is 0 Å². The third-order valence-corrected chi connectivity index (χ3v) is 4.28. The zero-order valence-electron chi connectivity index (χ0n) is 14.4. The lowest BCUT2D eigenvalue weighted by Crippen LogP contribution is -2.07. The molecule has 0 unspecified atom stereocenters. The van der Waals surface area contributed by atoms with Gasteiger partial charge in [-0.15, -0.1) is 0 Å². The van der Waals surface area contributed by atoms with Gasteiger partial charge in [0.1, 0.15) is 17.5 Å². The normalized spacial score (nSPS) is 10.9. The van der Waals surface area contributed by atoms with Gasteiger partial charge in [-0.2, -0.15) is 5.26 Å². The van der Waals surface area contributed by atoms with E-state index in [1.54, 1.807) is 12.1 Å². The lowest BCUT2D eigenvalue weighted by molar-refractivity contribution is -0.384. The number of H-pyrrole nitrogens is 1. The van der Waals surface area contributed by atoms with Crippen LogP contribution in [-0.4, -0.2) is 26.4 Å². The minimum Gasteiger partial charge on any atom is -0.370 e. The zero-order chi connectivity index (χ0) is 19.7.